The van der Waals surface area contributed by atoms with Crippen LogP contribution in [0.4, 0.5) is 11.4 Å². The number of allylic oxidation sites excluding steroid dienone is 6. The Labute approximate surface area is 436 Å². The van der Waals surface area contributed by atoms with E-state index in [0.717, 1.165) is 74.3 Å². The van der Waals surface area contributed by atoms with Gasteiger partial charge in [-0.15, -0.1) is 0 Å². The maximum atomic E-state index is 14.4. The van der Waals surface area contributed by atoms with Gasteiger partial charge in [-0.3, -0.25) is 9.35 Å². The Balaban J connectivity index is 0.883. The van der Waals surface area contributed by atoms with Crippen molar-refractivity contribution in [2.24, 2.45) is 0 Å². The van der Waals surface area contributed by atoms with E-state index in [1.165, 1.54) is 9.87 Å². The van der Waals surface area contributed by atoms with Crippen LogP contribution in [0.1, 0.15) is 94.9 Å². The predicted molar refractivity (Wildman–Crippen MR) is 296 cm³/mol. The second kappa shape index (κ2) is 21.3. The van der Waals surface area contributed by atoms with Gasteiger partial charge in [0.1, 0.15) is 6.54 Å². The molecule has 0 aromatic heterocycles. The Kier molecular flexibility index (Phi) is 15.1. The zero-order chi connectivity index (χ0) is 52.4. The molecule has 386 valence electrons. The van der Waals surface area contributed by atoms with Crippen molar-refractivity contribution in [3.63, 3.8) is 0 Å². The summed E-state index contributed by atoms with van der Waals surface area (Å²) in [7, 11) is -6.47. The molecule has 74 heavy (non-hydrogen) atoms. The van der Waals surface area contributed by atoms with Crippen LogP contribution < -0.4 is 19.7 Å². The summed E-state index contributed by atoms with van der Waals surface area (Å²) in [5.74, 6) is 1.02. The molecule has 9 rings (SSSR count). The first-order valence-corrected chi connectivity index (χ1v) is 28.7. The monoisotopic (exact) mass is 1040 g/mol. The lowest BCUT2D eigenvalue weighted by Crippen LogP contribution is -2.30. The lowest BCUT2D eigenvalue weighted by Gasteiger charge is -2.27. The fourth-order valence-corrected chi connectivity index (χ4v) is 13.3. The van der Waals surface area contributed by atoms with Crippen molar-refractivity contribution in [3.8, 4) is 11.5 Å². The highest BCUT2D eigenvalue weighted by atomic mass is 32.2. The highest BCUT2D eigenvalue weighted by molar-refractivity contribution is 7.89. The van der Waals surface area contributed by atoms with E-state index in [-0.39, 0.29) is 48.7 Å². The number of hydrogen-bond acceptors (Lipinski definition) is 8. The Morgan fingerprint density at radius 1 is 0.797 bits per heavy atom. The van der Waals surface area contributed by atoms with Crippen LogP contribution in [0.15, 0.2) is 156 Å². The van der Waals surface area contributed by atoms with Crippen molar-refractivity contribution in [1.82, 2.24) is 9.62 Å². The molecule has 0 saturated carbocycles. The average molecular weight is 1040 g/mol. The molecule has 0 aliphatic carbocycles. The first-order chi connectivity index (χ1) is 35.4. The normalized spacial score (nSPS) is 16.9. The van der Waals surface area contributed by atoms with Crippen LogP contribution in [0.5, 0.6) is 11.5 Å². The molecule has 0 spiro atoms. The van der Waals surface area contributed by atoms with Crippen LogP contribution in [0.25, 0.3) is 21.5 Å². The van der Waals surface area contributed by atoms with Crippen molar-refractivity contribution >= 4 is 64.7 Å². The van der Waals surface area contributed by atoms with E-state index in [2.05, 4.69) is 104 Å². The quantitative estimate of drug-likeness (QED) is 0.0433. The minimum absolute atomic E-state index is 0.0309. The summed E-state index contributed by atoms with van der Waals surface area (Å²) >= 11 is 0. The minimum Gasteiger partial charge on any atom is -0.454 e. The third-order valence-electron chi connectivity index (χ3n) is 14.9. The summed E-state index contributed by atoms with van der Waals surface area (Å²) in [4.78, 5) is 15.6. The molecule has 1 atom stereocenters. The highest BCUT2D eigenvalue weighted by Crippen LogP contribution is 2.51. The zero-order valence-corrected chi connectivity index (χ0v) is 44.8. The van der Waals surface area contributed by atoms with Crippen molar-refractivity contribution in [2.45, 2.75) is 88.4 Å². The standard InChI is InChI=1S/C60H66N4O8S2/c1-7-36-63-50-32-30-47-48(23-16-24-53(47)74(69,70)62(6)37-17-27-56(65)61-35-34-45(42-19-10-8-11-20-42)44-29-33-51-52(40-44)72-41-71-51)58(50)60(4,5)54(63)25-12-9-13-26-55-59(2,3)57-46-22-15-14-21-43(46)28-31-49(57)64(55)38-18-39-73(66,67)68/h8-16,19-26,28-33,40,45H,7,17-18,27,34-39,41H2,1-6H3,(H-,61,65,66,67,68)/p+1. The number of hydrogen-bond donors (Lipinski definition) is 2. The van der Waals surface area contributed by atoms with Gasteiger partial charge < -0.3 is 19.7 Å². The van der Waals surface area contributed by atoms with Crippen molar-refractivity contribution < 1.29 is 40.2 Å². The van der Waals surface area contributed by atoms with Crippen molar-refractivity contribution in [1.29, 1.82) is 0 Å². The number of carbonyl (C=O) groups excluding carboxylic acids is 1. The molecule has 3 heterocycles. The second-order valence-corrected chi connectivity index (χ2v) is 24.1. The Hall–Kier alpha value is -6.58. The van der Waals surface area contributed by atoms with Crippen molar-refractivity contribution in [3.05, 3.63) is 174 Å². The van der Waals surface area contributed by atoms with Gasteiger partial charge in [-0.05, 0) is 102 Å². The van der Waals surface area contributed by atoms with Gasteiger partial charge in [0.25, 0.3) is 10.1 Å². The van der Waals surface area contributed by atoms with Crippen LogP contribution in [-0.2, 0) is 35.8 Å². The molecular formula is C60H67N4O8S2+. The predicted octanol–water partition coefficient (Wildman–Crippen LogP) is 11.3. The number of sulfonamides is 1. The third kappa shape index (κ3) is 10.4. The lowest BCUT2D eigenvalue weighted by molar-refractivity contribution is -0.437. The molecule has 3 aliphatic rings. The smallest absolute Gasteiger partial charge is 0.264 e. The van der Waals surface area contributed by atoms with Gasteiger partial charge in [0.05, 0.1) is 16.1 Å². The maximum Gasteiger partial charge on any atom is 0.264 e. The number of fused-ring (bicyclic) bond motifs is 7. The fourth-order valence-electron chi connectivity index (χ4n) is 11.4. The molecule has 0 bridgehead atoms. The largest absolute Gasteiger partial charge is 0.454 e. The number of amides is 1. The average Bonchev–Trinajstić information content (AvgIpc) is 4.02. The van der Waals surface area contributed by atoms with Crippen LogP contribution in [-0.4, -0.2) is 87.7 Å². The number of rotatable bonds is 20. The van der Waals surface area contributed by atoms with E-state index >= 15 is 0 Å². The third-order valence-corrected chi connectivity index (χ3v) is 17.6. The first kappa shape index (κ1) is 52.3. The Morgan fingerprint density at radius 3 is 2.34 bits per heavy atom. The molecule has 2 N–H and O–H groups in total. The summed E-state index contributed by atoms with van der Waals surface area (Å²) < 4.78 is 76.7. The molecule has 12 nitrogen and oxygen atoms in total. The van der Waals surface area contributed by atoms with Crippen molar-refractivity contribution in [2.75, 3.05) is 50.7 Å². The lowest BCUT2D eigenvalue weighted by atomic mass is 9.79. The SMILES string of the molecule is CCC[N+]1=C(/C=C/C=C/C=C2/N(CCCS(=O)(=O)O)c3ccc4ccccc4c3C2(C)C)C(C)(C)c2c1ccc1c(S(=O)(=O)N(C)CCCC(=O)NCCC(c3ccccc3)c3ccc4c(c3)OCO4)cccc21. The molecule has 0 fully saturated rings. The van der Waals surface area contributed by atoms with E-state index < -0.39 is 31.0 Å². The van der Waals surface area contributed by atoms with E-state index in [4.69, 9.17) is 9.47 Å². The van der Waals surface area contributed by atoms with E-state index in [9.17, 15) is 26.2 Å². The fraction of sp³-hybridized carbons (Fsp3) is 0.333. The Morgan fingerprint density at radius 2 is 1.55 bits per heavy atom. The number of anilines is 1. The molecule has 6 aromatic carbocycles. The molecule has 0 saturated heterocycles. The summed E-state index contributed by atoms with van der Waals surface area (Å²) in [6.45, 7) is 13.0. The number of nitrogens with zero attached hydrogens (tertiary/aromatic N) is 3. The van der Waals surface area contributed by atoms with Crippen LogP contribution in [0, 0.1) is 0 Å². The van der Waals surface area contributed by atoms with Gasteiger partial charge in [0, 0.05) is 85.3 Å². The summed E-state index contributed by atoms with van der Waals surface area (Å²) in [5, 5.41) is 6.89. The minimum atomic E-state index is -4.11. The highest BCUT2D eigenvalue weighted by Gasteiger charge is 2.46. The first-order valence-electron chi connectivity index (χ1n) is 25.6. The number of ether oxygens (including phenoxy) is 2. The summed E-state index contributed by atoms with van der Waals surface area (Å²) in [6, 6.07) is 38.2. The van der Waals surface area contributed by atoms with Gasteiger partial charge in [-0.1, -0.05) is 118 Å². The van der Waals surface area contributed by atoms with E-state index in [1.807, 2.05) is 85.0 Å². The molecule has 14 heteroatoms. The number of benzene rings is 6. The van der Waals surface area contributed by atoms with Gasteiger partial charge in [0.2, 0.25) is 28.4 Å². The van der Waals surface area contributed by atoms with Gasteiger partial charge >= 0.3 is 0 Å². The van der Waals surface area contributed by atoms with E-state index in [0.29, 0.717) is 37.1 Å². The molecule has 6 aromatic rings. The topological polar surface area (TPSA) is 146 Å². The van der Waals surface area contributed by atoms with Gasteiger partial charge in [-0.2, -0.15) is 13.0 Å². The van der Waals surface area contributed by atoms with Crippen LogP contribution in [0.2, 0.25) is 0 Å². The van der Waals surface area contributed by atoms with Crippen LogP contribution in [0.3, 0.4) is 0 Å². The zero-order valence-electron chi connectivity index (χ0n) is 43.2. The van der Waals surface area contributed by atoms with Crippen LogP contribution >= 0.6 is 0 Å². The van der Waals surface area contributed by atoms with E-state index in [1.54, 1.807) is 13.1 Å². The molecular weight excluding hydrogens is 969 g/mol. The number of carbonyl (C=O) groups is 1. The summed E-state index contributed by atoms with van der Waals surface area (Å²) in [6.07, 6.45) is 12.7. The molecule has 3 aliphatic heterocycles. The maximum absolute atomic E-state index is 14.4. The summed E-state index contributed by atoms with van der Waals surface area (Å²) in [5.41, 5.74) is 7.79. The number of nitrogens with one attached hydrogen (secondary N) is 1. The molecule has 1 amide bonds. The molecule has 0 radical (unpaired) electrons. The second-order valence-electron chi connectivity index (χ2n) is 20.5. The molecule has 1 unspecified atom stereocenters. The van der Waals surface area contributed by atoms with Gasteiger partial charge in [0.15, 0.2) is 17.2 Å². The Bertz CT molecular complexity index is 3470. The van der Waals surface area contributed by atoms with Gasteiger partial charge in [-0.25, -0.2) is 12.7 Å².